The van der Waals surface area contributed by atoms with Gasteiger partial charge in [-0.1, -0.05) is 35.4 Å². The van der Waals surface area contributed by atoms with Crippen molar-refractivity contribution >= 4 is 0 Å². The van der Waals surface area contributed by atoms with Crippen molar-refractivity contribution in [1.29, 1.82) is 0 Å². The Morgan fingerprint density at radius 3 is 2.24 bits per heavy atom. The van der Waals surface area contributed by atoms with E-state index in [0.29, 0.717) is 26.2 Å². The highest BCUT2D eigenvalue weighted by molar-refractivity contribution is 5.31. The SMILES string of the molecule is [N-]=[N+]=NCCCOc1ccc(OCc2ccccc2)cc1. The fraction of sp³-hybridized carbons (Fsp3) is 0.250. The van der Waals surface area contributed by atoms with Crippen molar-refractivity contribution in [3.63, 3.8) is 0 Å². The Balaban J connectivity index is 1.75. The van der Waals surface area contributed by atoms with E-state index in [4.69, 9.17) is 15.0 Å². The van der Waals surface area contributed by atoms with Crippen LogP contribution in [-0.2, 0) is 6.61 Å². The summed E-state index contributed by atoms with van der Waals surface area (Å²) >= 11 is 0. The molecule has 0 atom stereocenters. The number of benzene rings is 2. The molecular weight excluding hydrogens is 266 g/mol. The van der Waals surface area contributed by atoms with Crippen molar-refractivity contribution < 1.29 is 9.47 Å². The molecule has 0 aliphatic heterocycles. The molecule has 2 aromatic rings. The Bertz CT molecular complexity index is 578. The van der Waals surface area contributed by atoms with Crippen molar-refractivity contribution in [3.05, 3.63) is 70.6 Å². The van der Waals surface area contributed by atoms with E-state index in [2.05, 4.69) is 10.0 Å². The third kappa shape index (κ3) is 5.47. The van der Waals surface area contributed by atoms with Gasteiger partial charge >= 0.3 is 0 Å². The summed E-state index contributed by atoms with van der Waals surface area (Å²) in [6, 6.07) is 17.5. The lowest BCUT2D eigenvalue weighted by Gasteiger charge is -2.08. The molecule has 0 unspecified atom stereocenters. The van der Waals surface area contributed by atoms with E-state index in [0.717, 1.165) is 17.1 Å². The second kappa shape index (κ2) is 8.51. The summed E-state index contributed by atoms with van der Waals surface area (Å²) < 4.78 is 11.2. The Kier molecular flexibility index (Phi) is 5.98. The second-order valence-electron chi connectivity index (χ2n) is 4.40. The zero-order valence-electron chi connectivity index (χ0n) is 11.7. The van der Waals surface area contributed by atoms with Crippen LogP contribution in [0.4, 0.5) is 0 Å². The first-order valence-corrected chi connectivity index (χ1v) is 6.79. The maximum Gasteiger partial charge on any atom is 0.120 e. The van der Waals surface area contributed by atoms with Gasteiger partial charge in [-0.15, -0.1) is 0 Å². The maximum atomic E-state index is 8.15. The Labute approximate surface area is 123 Å². The molecular formula is C16H17N3O2. The smallest absolute Gasteiger partial charge is 0.120 e. The zero-order chi connectivity index (χ0) is 14.8. The normalized spacial score (nSPS) is 9.71. The summed E-state index contributed by atoms with van der Waals surface area (Å²) in [4.78, 5) is 2.69. The van der Waals surface area contributed by atoms with Crippen LogP contribution in [0, 0.1) is 0 Å². The van der Waals surface area contributed by atoms with Crippen molar-refractivity contribution in [2.24, 2.45) is 5.11 Å². The van der Waals surface area contributed by atoms with Gasteiger partial charge in [-0.05, 0) is 41.8 Å². The van der Waals surface area contributed by atoms with Crippen LogP contribution >= 0.6 is 0 Å². The van der Waals surface area contributed by atoms with Crippen molar-refractivity contribution in [1.82, 2.24) is 0 Å². The molecule has 21 heavy (non-hydrogen) atoms. The molecule has 0 radical (unpaired) electrons. The molecule has 2 rings (SSSR count). The van der Waals surface area contributed by atoms with E-state index in [-0.39, 0.29) is 0 Å². The van der Waals surface area contributed by atoms with Gasteiger partial charge in [0, 0.05) is 11.5 Å². The standard InChI is InChI=1S/C16H17N3O2/c17-19-18-11-4-12-20-15-7-9-16(10-8-15)21-13-14-5-2-1-3-6-14/h1-3,5-10H,4,11-13H2. The van der Waals surface area contributed by atoms with Crippen LogP contribution in [0.15, 0.2) is 59.7 Å². The molecule has 0 saturated heterocycles. The van der Waals surface area contributed by atoms with Crippen LogP contribution in [-0.4, -0.2) is 13.2 Å². The minimum atomic E-state index is 0.453. The number of nitrogens with zero attached hydrogens (tertiary/aromatic N) is 3. The highest BCUT2D eigenvalue weighted by Gasteiger charge is 1.97. The first kappa shape index (κ1) is 14.8. The third-order valence-corrected chi connectivity index (χ3v) is 2.81. The monoisotopic (exact) mass is 283 g/mol. The number of azide groups is 1. The zero-order valence-corrected chi connectivity index (χ0v) is 11.7. The van der Waals surface area contributed by atoms with Crippen LogP contribution in [0.25, 0.3) is 10.4 Å². The van der Waals surface area contributed by atoms with E-state index in [1.165, 1.54) is 0 Å². The first-order chi connectivity index (χ1) is 10.4. The quantitative estimate of drug-likeness (QED) is 0.313. The van der Waals surface area contributed by atoms with Gasteiger partial charge in [0.15, 0.2) is 0 Å². The van der Waals surface area contributed by atoms with Gasteiger partial charge in [0.05, 0.1) is 6.61 Å². The van der Waals surface area contributed by atoms with Gasteiger partial charge in [-0.2, -0.15) is 0 Å². The van der Waals surface area contributed by atoms with Crippen LogP contribution in [0.5, 0.6) is 11.5 Å². The average Bonchev–Trinajstić information content (AvgIpc) is 2.55. The number of rotatable bonds is 8. The van der Waals surface area contributed by atoms with Gasteiger partial charge in [-0.3, -0.25) is 0 Å². The fourth-order valence-electron chi connectivity index (χ4n) is 1.74. The second-order valence-corrected chi connectivity index (χ2v) is 4.40. The molecule has 2 aromatic carbocycles. The predicted octanol–water partition coefficient (Wildman–Crippen LogP) is 4.34. The summed E-state index contributed by atoms with van der Waals surface area (Å²) in [5.74, 6) is 1.59. The van der Waals surface area contributed by atoms with E-state index < -0.39 is 0 Å². The summed E-state index contributed by atoms with van der Waals surface area (Å²) in [6.45, 7) is 1.53. The minimum Gasteiger partial charge on any atom is -0.494 e. The molecule has 0 bridgehead atoms. The third-order valence-electron chi connectivity index (χ3n) is 2.81. The van der Waals surface area contributed by atoms with E-state index in [9.17, 15) is 0 Å². The molecule has 108 valence electrons. The Hall–Kier alpha value is -2.65. The van der Waals surface area contributed by atoms with Gasteiger partial charge in [0.2, 0.25) is 0 Å². The average molecular weight is 283 g/mol. The molecule has 0 aromatic heterocycles. The summed E-state index contributed by atoms with van der Waals surface area (Å²) in [6.07, 6.45) is 0.705. The number of hydrogen-bond donors (Lipinski definition) is 0. The molecule has 0 fully saturated rings. The molecule has 5 heteroatoms. The highest BCUT2D eigenvalue weighted by Crippen LogP contribution is 2.18. The van der Waals surface area contributed by atoms with Gasteiger partial charge < -0.3 is 9.47 Å². The first-order valence-electron chi connectivity index (χ1n) is 6.79. The highest BCUT2D eigenvalue weighted by atomic mass is 16.5. The van der Waals surface area contributed by atoms with Crippen molar-refractivity contribution in [3.8, 4) is 11.5 Å². The molecule has 0 aliphatic carbocycles. The molecule has 0 aliphatic rings. The van der Waals surface area contributed by atoms with Crippen LogP contribution in [0.2, 0.25) is 0 Å². The molecule has 0 heterocycles. The lowest BCUT2D eigenvalue weighted by atomic mass is 10.2. The molecule has 5 nitrogen and oxygen atoms in total. The van der Waals surface area contributed by atoms with Crippen LogP contribution in [0.1, 0.15) is 12.0 Å². The van der Waals surface area contributed by atoms with E-state index in [1.807, 2.05) is 54.6 Å². The largest absolute Gasteiger partial charge is 0.494 e. The fourth-order valence-corrected chi connectivity index (χ4v) is 1.74. The van der Waals surface area contributed by atoms with Gasteiger partial charge in [0.25, 0.3) is 0 Å². The Morgan fingerprint density at radius 2 is 1.57 bits per heavy atom. The maximum absolute atomic E-state index is 8.15. The van der Waals surface area contributed by atoms with E-state index in [1.54, 1.807) is 0 Å². The van der Waals surface area contributed by atoms with Crippen molar-refractivity contribution in [2.45, 2.75) is 13.0 Å². The van der Waals surface area contributed by atoms with Crippen LogP contribution in [0.3, 0.4) is 0 Å². The molecule has 0 spiro atoms. The summed E-state index contributed by atoms with van der Waals surface area (Å²) in [5, 5.41) is 3.45. The van der Waals surface area contributed by atoms with E-state index >= 15 is 0 Å². The lowest BCUT2D eigenvalue weighted by Crippen LogP contribution is -1.99. The predicted molar refractivity (Wildman–Crippen MR) is 81.3 cm³/mol. The van der Waals surface area contributed by atoms with Gasteiger partial charge in [-0.25, -0.2) is 0 Å². The number of hydrogen-bond acceptors (Lipinski definition) is 3. The minimum absolute atomic E-state index is 0.453. The summed E-state index contributed by atoms with van der Waals surface area (Å²) in [7, 11) is 0. The molecule has 0 N–H and O–H groups in total. The van der Waals surface area contributed by atoms with Crippen molar-refractivity contribution in [2.75, 3.05) is 13.2 Å². The lowest BCUT2D eigenvalue weighted by molar-refractivity contribution is 0.300. The number of ether oxygens (including phenoxy) is 2. The Morgan fingerprint density at radius 1 is 0.905 bits per heavy atom. The molecule has 0 amide bonds. The summed E-state index contributed by atoms with van der Waals surface area (Å²) in [5.41, 5.74) is 9.28. The topological polar surface area (TPSA) is 67.2 Å². The van der Waals surface area contributed by atoms with Gasteiger partial charge in [0.1, 0.15) is 18.1 Å². The molecule has 0 saturated carbocycles. The van der Waals surface area contributed by atoms with Crippen LogP contribution < -0.4 is 9.47 Å².